The Bertz CT molecular complexity index is 1630. The molecule has 0 bridgehead atoms. The van der Waals surface area contributed by atoms with Crippen LogP contribution < -0.4 is 23.7 Å². The second kappa shape index (κ2) is 13.3. The highest BCUT2D eigenvalue weighted by atomic mass is 19.1. The third-order valence-corrected chi connectivity index (χ3v) is 7.08. The van der Waals surface area contributed by atoms with E-state index in [1.807, 2.05) is 16.7 Å². The van der Waals surface area contributed by atoms with E-state index >= 15 is 0 Å². The number of nitrogens with zero attached hydrogens (tertiary/aromatic N) is 2. The lowest BCUT2D eigenvalue weighted by atomic mass is 10.0. The Labute approximate surface area is 249 Å². The minimum Gasteiger partial charge on any atom is -0.497 e. The summed E-state index contributed by atoms with van der Waals surface area (Å²) in [6, 6.07) is 15.0. The third-order valence-electron chi connectivity index (χ3n) is 7.08. The van der Waals surface area contributed by atoms with E-state index in [4.69, 9.17) is 23.7 Å². The molecular weight excluding hydrogens is 555 g/mol. The molecule has 0 amide bonds. The molecule has 9 nitrogen and oxygen atoms in total. The van der Waals surface area contributed by atoms with Crippen LogP contribution in [0, 0.1) is 5.82 Å². The molecule has 1 aliphatic rings. The molecule has 0 atom stereocenters. The number of hydrogen-bond acceptors (Lipinski definition) is 7. The van der Waals surface area contributed by atoms with Crippen molar-refractivity contribution in [2.75, 3.05) is 21.0 Å². The van der Waals surface area contributed by atoms with E-state index in [0.29, 0.717) is 52.1 Å². The van der Waals surface area contributed by atoms with Crippen molar-refractivity contribution in [2.45, 2.75) is 39.2 Å². The van der Waals surface area contributed by atoms with Crippen LogP contribution in [0.5, 0.6) is 28.7 Å². The minimum absolute atomic E-state index is 0.0706. The number of rotatable bonds is 13. The summed E-state index contributed by atoms with van der Waals surface area (Å²) in [4.78, 5) is 17.2. The first kappa shape index (κ1) is 29.5. The van der Waals surface area contributed by atoms with Gasteiger partial charge in [0.1, 0.15) is 35.5 Å². The van der Waals surface area contributed by atoms with E-state index in [2.05, 4.69) is 11.9 Å². The van der Waals surface area contributed by atoms with Crippen LogP contribution in [0.4, 0.5) is 4.39 Å². The van der Waals surface area contributed by atoms with Crippen molar-refractivity contribution < 1.29 is 38.0 Å². The number of hydrogen-bond donors (Lipinski definition) is 1. The molecule has 3 aromatic carbocycles. The van der Waals surface area contributed by atoms with Crippen molar-refractivity contribution in [1.82, 2.24) is 9.55 Å². The van der Waals surface area contributed by atoms with Crippen molar-refractivity contribution >= 4 is 12.0 Å². The lowest BCUT2D eigenvalue weighted by Crippen LogP contribution is -2.09. The van der Waals surface area contributed by atoms with E-state index in [1.165, 1.54) is 19.2 Å². The fraction of sp³-hybridized carbons (Fsp3) is 0.273. The standard InChI is InChI=1S/C33H33FN2O7/c1-4-5-6-32-35-18-25(14-23(33(37)38)13-22-15-30-31(43-20-42-30)17-28(22)40-3)36(32)27-12-11-26(39-2)16-29(27)41-19-21-7-9-24(34)10-8-21/h7-12,14-18H,4-6,13,19-20H2,1-3H3,(H,37,38). The van der Waals surface area contributed by atoms with Crippen LogP contribution in [0.15, 0.2) is 66.4 Å². The van der Waals surface area contributed by atoms with Crippen LogP contribution in [0.3, 0.4) is 0 Å². The van der Waals surface area contributed by atoms with Gasteiger partial charge in [-0.2, -0.15) is 0 Å². The summed E-state index contributed by atoms with van der Waals surface area (Å²) in [6.07, 6.45) is 5.87. The van der Waals surface area contributed by atoms with E-state index in [9.17, 15) is 14.3 Å². The molecule has 4 aromatic rings. The quantitative estimate of drug-likeness (QED) is 0.179. The van der Waals surface area contributed by atoms with Gasteiger partial charge in [-0.3, -0.25) is 4.57 Å². The van der Waals surface area contributed by atoms with Crippen molar-refractivity contribution in [3.63, 3.8) is 0 Å². The number of carbonyl (C=O) groups is 1. The maximum atomic E-state index is 13.5. The number of carboxylic acids is 1. The van der Waals surface area contributed by atoms with Crippen LogP contribution in [0.2, 0.25) is 0 Å². The van der Waals surface area contributed by atoms with Crippen LogP contribution in [-0.2, 0) is 24.2 Å². The van der Waals surface area contributed by atoms with Gasteiger partial charge in [-0.25, -0.2) is 14.2 Å². The van der Waals surface area contributed by atoms with Crippen LogP contribution in [0.1, 0.15) is 42.4 Å². The molecule has 1 N–H and O–H groups in total. The Kier molecular flexibility index (Phi) is 9.14. The van der Waals surface area contributed by atoms with E-state index in [0.717, 1.165) is 24.2 Å². The smallest absolute Gasteiger partial charge is 0.331 e. The number of carboxylic acid groups (broad SMARTS) is 1. The maximum absolute atomic E-state index is 13.5. The number of aliphatic carboxylic acids is 1. The highest BCUT2D eigenvalue weighted by Crippen LogP contribution is 2.39. The lowest BCUT2D eigenvalue weighted by molar-refractivity contribution is -0.132. The van der Waals surface area contributed by atoms with Gasteiger partial charge in [-0.05, 0) is 48.4 Å². The number of aromatic nitrogens is 2. The molecule has 2 heterocycles. The average molecular weight is 589 g/mol. The zero-order valence-electron chi connectivity index (χ0n) is 24.3. The number of benzene rings is 3. The van der Waals surface area contributed by atoms with Crippen LogP contribution >= 0.6 is 0 Å². The number of methoxy groups -OCH3 is 2. The molecule has 0 spiro atoms. The largest absolute Gasteiger partial charge is 0.497 e. The highest BCUT2D eigenvalue weighted by molar-refractivity contribution is 5.92. The summed E-state index contributed by atoms with van der Waals surface area (Å²) in [6.45, 7) is 2.38. The predicted molar refractivity (Wildman–Crippen MR) is 158 cm³/mol. The minimum atomic E-state index is -1.08. The molecule has 224 valence electrons. The average Bonchev–Trinajstić information content (AvgIpc) is 3.64. The molecular formula is C33H33FN2O7. The lowest BCUT2D eigenvalue weighted by Gasteiger charge is -2.17. The molecule has 1 aliphatic heterocycles. The van der Waals surface area contributed by atoms with Gasteiger partial charge >= 0.3 is 5.97 Å². The fourth-order valence-electron chi connectivity index (χ4n) is 4.83. The van der Waals surface area contributed by atoms with Crippen LogP contribution in [-0.4, -0.2) is 41.6 Å². The molecule has 1 aromatic heterocycles. The van der Waals surface area contributed by atoms with Gasteiger partial charge in [0.25, 0.3) is 0 Å². The summed E-state index contributed by atoms with van der Waals surface area (Å²) in [5, 5.41) is 10.3. The van der Waals surface area contributed by atoms with Crippen molar-refractivity contribution in [2.24, 2.45) is 0 Å². The summed E-state index contributed by atoms with van der Waals surface area (Å²) < 4.78 is 43.5. The zero-order valence-corrected chi connectivity index (χ0v) is 24.3. The second-order valence-corrected chi connectivity index (χ2v) is 9.96. The first-order chi connectivity index (χ1) is 20.9. The molecule has 43 heavy (non-hydrogen) atoms. The molecule has 10 heteroatoms. The summed E-state index contributed by atoms with van der Waals surface area (Å²) in [7, 11) is 3.10. The first-order valence-corrected chi connectivity index (χ1v) is 13.9. The Morgan fingerprint density at radius 2 is 1.81 bits per heavy atom. The molecule has 0 fully saturated rings. The number of unbranched alkanes of at least 4 members (excludes halogenated alkanes) is 1. The number of halogens is 1. The topological polar surface area (TPSA) is 101 Å². The zero-order chi connectivity index (χ0) is 30.3. The summed E-state index contributed by atoms with van der Waals surface area (Å²) in [5.41, 5.74) is 2.80. The van der Waals surface area contributed by atoms with E-state index in [1.54, 1.807) is 49.7 Å². The van der Waals surface area contributed by atoms with Crippen molar-refractivity contribution in [3.8, 4) is 34.4 Å². The van der Waals surface area contributed by atoms with Crippen molar-refractivity contribution in [1.29, 1.82) is 0 Å². The first-order valence-electron chi connectivity index (χ1n) is 13.9. The van der Waals surface area contributed by atoms with Gasteiger partial charge < -0.3 is 28.8 Å². The predicted octanol–water partition coefficient (Wildman–Crippen LogP) is 6.39. The Hall–Kier alpha value is -4.99. The monoisotopic (exact) mass is 588 g/mol. The second-order valence-electron chi connectivity index (χ2n) is 9.96. The third kappa shape index (κ3) is 6.74. The van der Waals surface area contributed by atoms with Gasteiger partial charge in [0.2, 0.25) is 6.79 Å². The maximum Gasteiger partial charge on any atom is 0.331 e. The van der Waals surface area contributed by atoms with Gasteiger partial charge in [-0.15, -0.1) is 0 Å². The molecule has 0 aliphatic carbocycles. The molecule has 0 saturated heterocycles. The molecule has 0 unspecified atom stereocenters. The van der Waals surface area contributed by atoms with Gasteiger partial charge in [0, 0.05) is 36.1 Å². The SMILES string of the molecule is CCCCc1ncc(C=C(Cc2cc3c(cc2OC)OCO3)C(=O)O)n1-c1ccc(OC)cc1OCc1ccc(F)cc1. The Morgan fingerprint density at radius 3 is 2.51 bits per heavy atom. The Balaban J connectivity index is 1.56. The number of fused-ring (bicyclic) bond motifs is 1. The van der Waals surface area contributed by atoms with E-state index < -0.39 is 5.97 Å². The molecule has 5 rings (SSSR count). The fourth-order valence-corrected chi connectivity index (χ4v) is 4.83. The van der Waals surface area contributed by atoms with Gasteiger partial charge in [0.15, 0.2) is 11.5 Å². The summed E-state index contributed by atoms with van der Waals surface area (Å²) >= 11 is 0. The number of aryl methyl sites for hydroxylation is 1. The van der Waals surface area contributed by atoms with Gasteiger partial charge in [0.05, 0.1) is 31.8 Å². The summed E-state index contributed by atoms with van der Waals surface area (Å²) in [5.74, 6) is 2.03. The number of imidazole rings is 1. The normalized spacial score (nSPS) is 12.3. The molecule has 0 saturated carbocycles. The van der Waals surface area contributed by atoms with Crippen LogP contribution in [0.25, 0.3) is 11.8 Å². The number of ether oxygens (including phenoxy) is 5. The Morgan fingerprint density at radius 1 is 1.05 bits per heavy atom. The highest BCUT2D eigenvalue weighted by Gasteiger charge is 2.22. The van der Waals surface area contributed by atoms with Gasteiger partial charge in [-0.1, -0.05) is 25.5 Å². The molecule has 0 radical (unpaired) electrons. The van der Waals surface area contributed by atoms with Crippen molar-refractivity contribution in [3.05, 3.63) is 94.8 Å². The van der Waals surface area contributed by atoms with E-state index in [-0.39, 0.29) is 31.2 Å².